The van der Waals surface area contributed by atoms with Gasteiger partial charge in [0.25, 0.3) is 5.91 Å². The summed E-state index contributed by atoms with van der Waals surface area (Å²) in [7, 11) is 0. The van der Waals surface area contributed by atoms with Crippen molar-refractivity contribution >= 4 is 17.4 Å². The SMILES string of the molecule is NC(=O)c1cc(N)cnc1NCc1ccc(F)c(F)c1. The van der Waals surface area contributed by atoms with E-state index in [1.54, 1.807) is 0 Å². The minimum Gasteiger partial charge on any atom is -0.397 e. The van der Waals surface area contributed by atoms with Gasteiger partial charge in [0.1, 0.15) is 5.82 Å². The second-order valence-electron chi connectivity index (χ2n) is 4.13. The van der Waals surface area contributed by atoms with Crippen LogP contribution in [0.25, 0.3) is 0 Å². The van der Waals surface area contributed by atoms with Gasteiger partial charge in [-0.25, -0.2) is 13.8 Å². The fourth-order valence-electron chi connectivity index (χ4n) is 1.64. The van der Waals surface area contributed by atoms with E-state index < -0.39 is 17.5 Å². The number of nitrogen functional groups attached to an aromatic ring is 1. The Bertz CT molecular complexity index is 661. The Morgan fingerprint density at radius 1 is 1.25 bits per heavy atom. The van der Waals surface area contributed by atoms with Crippen molar-refractivity contribution in [1.82, 2.24) is 4.98 Å². The van der Waals surface area contributed by atoms with E-state index in [0.717, 1.165) is 12.1 Å². The second-order valence-corrected chi connectivity index (χ2v) is 4.13. The lowest BCUT2D eigenvalue weighted by atomic mass is 10.2. The topological polar surface area (TPSA) is 94.0 Å². The number of anilines is 2. The van der Waals surface area contributed by atoms with Crippen LogP contribution in [0.4, 0.5) is 20.3 Å². The van der Waals surface area contributed by atoms with Gasteiger partial charge in [-0.3, -0.25) is 4.79 Å². The monoisotopic (exact) mass is 278 g/mol. The molecule has 0 aliphatic carbocycles. The van der Waals surface area contributed by atoms with Crippen LogP contribution in [0, 0.1) is 11.6 Å². The van der Waals surface area contributed by atoms with Crippen molar-refractivity contribution in [2.45, 2.75) is 6.54 Å². The van der Waals surface area contributed by atoms with E-state index in [1.165, 1.54) is 18.3 Å². The number of aromatic nitrogens is 1. The van der Waals surface area contributed by atoms with Crippen LogP contribution in [0.3, 0.4) is 0 Å². The lowest BCUT2D eigenvalue weighted by Crippen LogP contribution is -2.16. The molecule has 0 saturated heterocycles. The molecule has 1 amide bonds. The molecule has 0 aliphatic rings. The summed E-state index contributed by atoms with van der Waals surface area (Å²) < 4.78 is 25.8. The van der Waals surface area contributed by atoms with E-state index >= 15 is 0 Å². The van der Waals surface area contributed by atoms with E-state index in [0.29, 0.717) is 11.3 Å². The van der Waals surface area contributed by atoms with Gasteiger partial charge in [-0.05, 0) is 23.8 Å². The number of nitrogens with zero attached hydrogens (tertiary/aromatic N) is 1. The first kappa shape index (κ1) is 13.7. The maximum atomic E-state index is 13.1. The number of rotatable bonds is 4. The fraction of sp³-hybridized carbons (Fsp3) is 0.0769. The number of nitrogens with two attached hydrogens (primary N) is 2. The number of pyridine rings is 1. The molecule has 1 heterocycles. The van der Waals surface area contributed by atoms with Crippen LogP contribution in [0.5, 0.6) is 0 Å². The van der Waals surface area contributed by atoms with Crippen LogP contribution in [0.1, 0.15) is 15.9 Å². The molecule has 0 atom stereocenters. The lowest BCUT2D eigenvalue weighted by molar-refractivity contribution is 0.100. The average Bonchev–Trinajstić information content (AvgIpc) is 2.41. The molecular weight excluding hydrogens is 266 g/mol. The maximum absolute atomic E-state index is 13.1. The molecule has 0 fully saturated rings. The Balaban J connectivity index is 2.18. The summed E-state index contributed by atoms with van der Waals surface area (Å²) in [5.74, 6) is -2.31. The minimum atomic E-state index is -0.940. The van der Waals surface area contributed by atoms with Gasteiger partial charge in [0.15, 0.2) is 11.6 Å². The lowest BCUT2D eigenvalue weighted by Gasteiger charge is -2.10. The summed E-state index contributed by atoms with van der Waals surface area (Å²) in [6.07, 6.45) is 1.36. The molecule has 0 bridgehead atoms. The molecule has 5 nitrogen and oxygen atoms in total. The first-order valence-corrected chi connectivity index (χ1v) is 5.70. The summed E-state index contributed by atoms with van der Waals surface area (Å²) in [5, 5.41) is 2.83. The third-order valence-corrected chi connectivity index (χ3v) is 2.62. The van der Waals surface area contributed by atoms with Crippen LogP contribution in [-0.2, 0) is 6.54 Å². The van der Waals surface area contributed by atoms with Crippen LogP contribution < -0.4 is 16.8 Å². The van der Waals surface area contributed by atoms with Crippen molar-refractivity contribution in [1.29, 1.82) is 0 Å². The van der Waals surface area contributed by atoms with Gasteiger partial charge in [0.05, 0.1) is 17.4 Å². The van der Waals surface area contributed by atoms with Crippen molar-refractivity contribution in [2.24, 2.45) is 5.73 Å². The van der Waals surface area contributed by atoms with Crippen molar-refractivity contribution in [2.75, 3.05) is 11.1 Å². The number of carbonyl (C=O) groups is 1. The van der Waals surface area contributed by atoms with Crippen LogP contribution >= 0.6 is 0 Å². The van der Waals surface area contributed by atoms with E-state index in [1.807, 2.05) is 0 Å². The summed E-state index contributed by atoms with van der Waals surface area (Å²) in [6.45, 7) is 0.161. The number of hydrogen-bond acceptors (Lipinski definition) is 4. The molecule has 2 rings (SSSR count). The van der Waals surface area contributed by atoms with E-state index in [-0.39, 0.29) is 17.9 Å². The zero-order valence-electron chi connectivity index (χ0n) is 10.4. The molecule has 0 spiro atoms. The highest BCUT2D eigenvalue weighted by atomic mass is 19.2. The van der Waals surface area contributed by atoms with Gasteiger partial charge in [0.2, 0.25) is 0 Å². The number of amides is 1. The molecule has 0 saturated carbocycles. The predicted molar refractivity (Wildman–Crippen MR) is 70.9 cm³/mol. The Hall–Kier alpha value is -2.70. The molecular formula is C13H12F2N4O. The molecule has 7 heteroatoms. The Morgan fingerprint density at radius 3 is 2.65 bits per heavy atom. The first-order valence-electron chi connectivity index (χ1n) is 5.70. The fourth-order valence-corrected chi connectivity index (χ4v) is 1.64. The van der Waals surface area contributed by atoms with Gasteiger partial charge >= 0.3 is 0 Å². The molecule has 20 heavy (non-hydrogen) atoms. The highest BCUT2D eigenvalue weighted by Crippen LogP contribution is 2.16. The van der Waals surface area contributed by atoms with Crippen molar-refractivity contribution in [3.05, 3.63) is 53.2 Å². The van der Waals surface area contributed by atoms with E-state index in [9.17, 15) is 13.6 Å². The average molecular weight is 278 g/mol. The van der Waals surface area contributed by atoms with E-state index in [4.69, 9.17) is 11.5 Å². The molecule has 1 aromatic carbocycles. The molecule has 0 unspecified atom stereocenters. The number of carbonyl (C=O) groups excluding carboxylic acids is 1. The standard InChI is InChI=1S/C13H12F2N4O/c14-10-2-1-7(3-11(10)15)5-18-13-9(12(17)20)4-8(16)6-19-13/h1-4,6H,5,16H2,(H2,17,20)(H,18,19). The number of hydrogen-bond donors (Lipinski definition) is 3. The van der Waals surface area contributed by atoms with Gasteiger partial charge in [-0.15, -0.1) is 0 Å². The third-order valence-electron chi connectivity index (χ3n) is 2.62. The highest BCUT2D eigenvalue weighted by Gasteiger charge is 2.10. The highest BCUT2D eigenvalue weighted by molar-refractivity contribution is 5.98. The van der Waals surface area contributed by atoms with Crippen molar-refractivity contribution in [3.8, 4) is 0 Å². The van der Waals surface area contributed by atoms with Gasteiger partial charge in [-0.2, -0.15) is 0 Å². The number of benzene rings is 1. The smallest absolute Gasteiger partial charge is 0.252 e. The minimum absolute atomic E-state index is 0.132. The predicted octanol–water partition coefficient (Wildman–Crippen LogP) is 1.65. The number of nitrogens with one attached hydrogen (secondary N) is 1. The zero-order valence-corrected chi connectivity index (χ0v) is 10.4. The zero-order chi connectivity index (χ0) is 14.7. The largest absolute Gasteiger partial charge is 0.397 e. The molecule has 0 radical (unpaired) electrons. The number of primary amides is 1. The molecule has 1 aromatic heterocycles. The Morgan fingerprint density at radius 2 is 2.00 bits per heavy atom. The third kappa shape index (κ3) is 3.00. The molecule has 5 N–H and O–H groups in total. The summed E-state index contributed by atoms with van der Waals surface area (Å²) in [5.41, 5.74) is 11.7. The van der Waals surface area contributed by atoms with E-state index in [2.05, 4.69) is 10.3 Å². The molecule has 0 aliphatic heterocycles. The van der Waals surface area contributed by atoms with Gasteiger partial charge in [-0.1, -0.05) is 6.07 Å². The van der Waals surface area contributed by atoms with Crippen molar-refractivity contribution in [3.63, 3.8) is 0 Å². The summed E-state index contributed by atoms with van der Waals surface area (Å²) in [4.78, 5) is 15.2. The Kier molecular flexibility index (Phi) is 3.79. The quantitative estimate of drug-likeness (QED) is 0.792. The van der Waals surface area contributed by atoms with Gasteiger partial charge in [0, 0.05) is 6.54 Å². The summed E-state index contributed by atoms with van der Waals surface area (Å²) >= 11 is 0. The van der Waals surface area contributed by atoms with Crippen molar-refractivity contribution < 1.29 is 13.6 Å². The molecule has 104 valence electrons. The number of halogens is 2. The van der Waals surface area contributed by atoms with Gasteiger partial charge < -0.3 is 16.8 Å². The van der Waals surface area contributed by atoms with Crippen LogP contribution in [0.2, 0.25) is 0 Å². The normalized spacial score (nSPS) is 10.3. The Labute approximate surface area is 113 Å². The van der Waals surface area contributed by atoms with Crippen LogP contribution in [0.15, 0.2) is 30.5 Å². The molecule has 2 aromatic rings. The maximum Gasteiger partial charge on any atom is 0.252 e. The summed E-state index contributed by atoms with van der Waals surface area (Å²) in [6, 6.07) is 4.90. The first-order chi connectivity index (χ1) is 9.47. The second kappa shape index (κ2) is 5.52. The van der Waals surface area contributed by atoms with Crippen LogP contribution in [-0.4, -0.2) is 10.9 Å².